The molecule has 0 aliphatic heterocycles. The van der Waals surface area contributed by atoms with Gasteiger partial charge in [0, 0.05) is 32.2 Å². The van der Waals surface area contributed by atoms with Gasteiger partial charge in [0.2, 0.25) is 0 Å². The van der Waals surface area contributed by atoms with Gasteiger partial charge in [0.1, 0.15) is 22.3 Å². The molecule has 0 unspecified atom stereocenters. The third-order valence-electron chi connectivity index (χ3n) is 3.60. The molecule has 3 rings (SSSR count). The standard InChI is InChI=1S/C19H13F3O3S/c20-13-11-16(21)18(17(22)12-13)26(25-19(23)24,14-7-3-1-4-8-14)15-9-5-2-6-10-15/h1-12H,(H,23,24). The van der Waals surface area contributed by atoms with Crippen LogP contribution < -0.4 is 0 Å². The van der Waals surface area contributed by atoms with Gasteiger partial charge in [-0.2, -0.15) is 0 Å². The molecule has 0 radical (unpaired) electrons. The summed E-state index contributed by atoms with van der Waals surface area (Å²) in [7, 11) is -3.33. The first-order valence-corrected chi connectivity index (χ1v) is 9.01. The molecule has 3 aromatic carbocycles. The van der Waals surface area contributed by atoms with E-state index in [4.69, 9.17) is 4.18 Å². The Balaban J connectivity index is 2.44. The van der Waals surface area contributed by atoms with Crippen LogP contribution in [0.2, 0.25) is 0 Å². The van der Waals surface area contributed by atoms with Gasteiger partial charge in [0.15, 0.2) is 0 Å². The molecule has 0 saturated heterocycles. The first-order chi connectivity index (χ1) is 12.4. The Morgan fingerprint density at radius 2 is 1.23 bits per heavy atom. The number of halogens is 3. The molecule has 0 saturated carbocycles. The first-order valence-electron chi connectivity index (χ1n) is 7.45. The highest BCUT2D eigenvalue weighted by Crippen LogP contribution is 2.70. The van der Waals surface area contributed by atoms with Gasteiger partial charge in [-0.25, -0.2) is 18.0 Å². The van der Waals surface area contributed by atoms with Crippen molar-refractivity contribution in [3.8, 4) is 0 Å². The smallest absolute Gasteiger partial charge is 0.449 e. The van der Waals surface area contributed by atoms with Crippen molar-refractivity contribution in [2.45, 2.75) is 14.7 Å². The molecule has 26 heavy (non-hydrogen) atoms. The van der Waals surface area contributed by atoms with Gasteiger partial charge in [-0.1, -0.05) is 36.4 Å². The number of carboxylic acid groups (broad SMARTS) is 1. The molecule has 0 aliphatic rings. The second-order valence-electron chi connectivity index (χ2n) is 5.23. The third-order valence-corrected chi connectivity index (χ3v) is 6.83. The maximum absolute atomic E-state index is 14.7. The summed E-state index contributed by atoms with van der Waals surface area (Å²) in [5, 5.41) is 9.35. The zero-order chi connectivity index (χ0) is 18.7. The van der Waals surface area contributed by atoms with Gasteiger partial charge in [-0.15, -0.1) is 0 Å². The van der Waals surface area contributed by atoms with E-state index < -0.39 is 38.8 Å². The van der Waals surface area contributed by atoms with Crippen LogP contribution in [0.3, 0.4) is 0 Å². The Morgan fingerprint density at radius 1 is 0.808 bits per heavy atom. The van der Waals surface area contributed by atoms with Crippen molar-refractivity contribution in [3.05, 3.63) is 90.2 Å². The summed E-state index contributed by atoms with van der Waals surface area (Å²) in [4.78, 5) is 11.4. The lowest BCUT2D eigenvalue weighted by molar-refractivity contribution is 0.150. The topological polar surface area (TPSA) is 46.5 Å². The molecule has 7 heteroatoms. The summed E-state index contributed by atoms with van der Waals surface area (Å²) in [6.07, 6.45) is -1.70. The van der Waals surface area contributed by atoms with Crippen molar-refractivity contribution >= 4 is 16.5 Å². The van der Waals surface area contributed by atoms with Crippen molar-refractivity contribution in [2.75, 3.05) is 0 Å². The highest BCUT2D eigenvalue weighted by molar-refractivity contribution is 8.30. The minimum absolute atomic E-state index is 0.262. The Morgan fingerprint density at radius 3 is 1.62 bits per heavy atom. The van der Waals surface area contributed by atoms with Gasteiger partial charge in [-0.3, -0.25) is 0 Å². The lowest BCUT2D eigenvalue weighted by Crippen LogP contribution is -2.15. The highest BCUT2D eigenvalue weighted by Gasteiger charge is 2.40. The molecule has 3 nitrogen and oxygen atoms in total. The molecule has 1 N–H and O–H groups in total. The van der Waals surface area contributed by atoms with E-state index in [2.05, 4.69) is 0 Å². The van der Waals surface area contributed by atoms with E-state index in [1.165, 1.54) is 24.3 Å². The van der Waals surface area contributed by atoms with Crippen LogP contribution in [0.1, 0.15) is 0 Å². The van der Waals surface area contributed by atoms with E-state index in [0.717, 1.165) is 0 Å². The van der Waals surface area contributed by atoms with E-state index in [1.54, 1.807) is 36.4 Å². The van der Waals surface area contributed by atoms with Crippen LogP contribution >= 0.6 is 10.3 Å². The SMILES string of the molecule is O=C(O)OS(c1ccccc1)(c1ccccc1)c1c(F)cc(F)cc1F. The summed E-state index contributed by atoms with van der Waals surface area (Å²) < 4.78 is 48.0. The molecule has 0 heterocycles. The summed E-state index contributed by atoms with van der Waals surface area (Å²) in [5.74, 6) is -3.54. The summed E-state index contributed by atoms with van der Waals surface area (Å²) in [6, 6.07) is 16.9. The van der Waals surface area contributed by atoms with Gasteiger partial charge in [-0.05, 0) is 24.3 Å². The Labute approximate surface area is 149 Å². The fraction of sp³-hybridized carbons (Fsp3) is 0. The van der Waals surface area contributed by atoms with E-state index in [1.807, 2.05) is 0 Å². The number of hydrogen-bond acceptors (Lipinski definition) is 2. The fourth-order valence-electron chi connectivity index (χ4n) is 2.64. The molecule has 0 atom stereocenters. The summed E-state index contributed by atoms with van der Waals surface area (Å²) >= 11 is 0. The van der Waals surface area contributed by atoms with Crippen molar-refractivity contribution in [2.24, 2.45) is 0 Å². The molecule has 0 bridgehead atoms. The Kier molecular flexibility index (Phi) is 4.90. The van der Waals surface area contributed by atoms with Crippen LogP contribution in [0, 0.1) is 17.5 Å². The number of hydrogen-bond donors (Lipinski definition) is 1. The van der Waals surface area contributed by atoms with E-state index in [-0.39, 0.29) is 9.79 Å². The van der Waals surface area contributed by atoms with Gasteiger partial charge >= 0.3 is 6.16 Å². The van der Waals surface area contributed by atoms with Crippen LogP contribution in [-0.2, 0) is 4.18 Å². The van der Waals surface area contributed by atoms with Crippen molar-refractivity contribution in [3.63, 3.8) is 0 Å². The third kappa shape index (κ3) is 3.13. The van der Waals surface area contributed by atoms with Crippen molar-refractivity contribution < 1.29 is 27.3 Å². The number of rotatable bonds is 4. The number of benzene rings is 3. The normalized spacial score (nSPS) is 11.8. The molecule has 0 amide bonds. The maximum Gasteiger partial charge on any atom is 0.517 e. The zero-order valence-corrected chi connectivity index (χ0v) is 14.1. The average Bonchev–Trinajstić information content (AvgIpc) is 2.61. The summed E-state index contributed by atoms with van der Waals surface area (Å²) in [5.41, 5.74) is 0. The second kappa shape index (κ2) is 7.13. The zero-order valence-electron chi connectivity index (χ0n) is 13.2. The number of carbonyl (C=O) groups is 1. The molecule has 0 spiro atoms. The fourth-order valence-corrected chi connectivity index (χ4v) is 5.63. The largest absolute Gasteiger partial charge is 0.517 e. The Bertz CT molecular complexity index is 871. The van der Waals surface area contributed by atoms with Gasteiger partial charge < -0.3 is 9.29 Å². The lowest BCUT2D eigenvalue weighted by atomic mass is 10.3. The van der Waals surface area contributed by atoms with Crippen LogP contribution in [0.15, 0.2) is 87.5 Å². The van der Waals surface area contributed by atoms with Crippen LogP contribution in [0.25, 0.3) is 0 Å². The first kappa shape index (κ1) is 17.9. The van der Waals surface area contributed by atoms with Crippen LogP contribution in [0.4, 0.5) is 18.0 Å². The minimum atomic E-state index is -3.33. The molecule has 0 aliphatic carbocycles. The molecule has 0 fully saturated rings. The predicted molar refractivity (Wildman–Crippen MR) is 90.7 cm³/mol. The minimum Gasteiger partial charge on any atom is -0.449 e. The second-order valence-corrected chi connectivity index (χ2v) is 7.86. The van der Waals surface area contributed by atoms with Gasteiger partial charge in [0.25, 0.3) is 0 Å². The van der Waals surface area contributed by atoms with Crippen molar-refractivity contribution in [1.82, 2.24) is 0 Å². The highest BCUT2D eigenvalue weighted by atomic mass is 32.3. The Hall–Kier alpha value is -2.93. The van der Waals surface area contributed by atoms with E-state index in [0.29, 0.717) is 12.1 Å². The maximum atomic E-state index is 14.7. The van der Waals surface area contributed by atoms with Gasteiger partial charge in [0.05, 0.1) is 0 Å². The molecular weight excluding hydrogens is 365 g/mol. The summed E-state index contributed by atoms with van der Waals surface area (Å²) in [6.45, 7) is 0. The van der Waals surface area contributed by atoms with E-state index in [9.17, 15) is 23.1 Å². The monoisotopic (exact) mass is 378 g/mol. The van der Waals surface area contributed by atoms with E-state index >= 15 is 0 Å². The lowest BCUT2D eigenvalue weighted by Gasteiger charge is -2.38. The molecule has 3 aromatic rings. The molecule has 134 valence electrons. The molecule has 0 aromatic heterocycles. The quantitative estimate of drug-likeness (QED) is 0.606. The predicted octanol–water partition coefficient (Wildman–Crippen LogP) is 6.00. The van der Waals surface area contributed by atoms with Crippen molar-refractivity contribution in [1.29, 1.82) is 0 Å². The van der Waals surface area contributed by atoms with Crippen LogP contribution in [0.5, 0.6) is 0 Å². The van der Waals surface area contributed by atoms with Crippen LogP contribution in [-0.4, -0.2) is 11.3 Å². The molecular formula is C19H13F3O3S. The average molecular weight is 378 g/mol.